The Balaban J connectivity index is 1.24. The summed E-state index contributed by atoms with van der Waals surface area (Å²) in [6, 6.07) is 11.8. The third kappa shape index (κ3) is 6.06. The molecule has 0 atom stereocenters. The third-order valence-corrected chi connectivity index (χ3v) is 6.65. The first-order valence-electron chi connectivity index (χ1n) is 11.3. The average molecular weight is 455 g/mol. The molecule has 2 aromatic rings. The number of piperazine rings is 1. The normalized spacial score (nSPS) is 18.9. The zero-order chi connectivity index (χ0) is 22.3. The fourth-order valence-electron chi connectivity index (χ4n) is 4.19. The van der Waals surface area contributed by atoms with E-state index < -0.39 is 0 Å². The SMILES string of the molecule is CN1CCN(c2ccnc(C(=O)N/N=C/C3CCN(Cc4ccccc4Cl)CC3)c2)CC1. The summed E-state index contributed by atoms with van der Waals surface area (Å²) in [4.78, 5) is 23.8. The van der Waals surface area contributed by atoms with E-state index in [0.717, 1.165) is 69.4 Å². The highest BCUT2D eigenvalue weighted by Gasteiger charge is 2.19. The first-order valence-corrected chi connectivity index (χ1v) is 11.6. The molecule has 3 heterocycles. The lowest BCUT2D eigenvalue weighted by Crippen LogP contribution is -2.44. The summed E-state index contributed by atoms with van der Waals surface area (Å²) >= 11 is 6.28. The van der Waals surface area contributed by atoms with Crippen molar-refractivity contribution in [3.05, 3.63) is 58.9 Å². The van der Waals surface area contributed by atoms with Crippen LogP contribution in [0, 0.1) is 5.92 Å². The molecular weight excluding hydrogens is 424 g/mol. The number of carbonyl (C=O) groups is 1. The molecule has 170 valence electrons. The van der Waals surface area contributed by atoms with Crippen LogP contribution in [0.15, 0.2) is 47.7 Å². The van der Waals surface area contributed by atoms with Crippen molar-refractivity contribution in [3.63, 3.8) is 0 Å². The molecule has 32 heavy (non-hydrogen) atoms. The van der Waals surface area contributed by atoms with Crippen molar-refractivity contribution < 1.29 is 4.79 Å². The Hall–Kier alpha value is -2.48. The molecular formula is C24H31ClN6O. The number of nitrogens with zero attached hydrogens (tertiary/aromatic N) is 5. The summed E-state index contributed by atoms with van der Waals surface area (Å²) in [5.41, 5.74) is 5.25. The highest BCUT2D eigenvalue weighted by Crippen LogP contribution is 2.21. The third-order valence-electron chi connectivity index (χ3n) is 6.28. The number of nitrogens with one attached hydrogen (secondary N) is 1. The van der Waals surface area contributed by atoms with Gasteiger partial charge in [-0.05, 0) is 62.7 Å². The van der Waals surface area contributed by atoms with Crippen LogP contribution in [0.3, 0.4) is 0 Å². The first-order chi connectivity index (χ1) is 15.6. The van der Waals surface area contributed by atoms with Crippen LogP contribution in [-0.4, -0.2) is 73.2 Å². The number of hydrogen-bond acceptors (Lipinski definition) is 6. The van der Waals surface area contributed by atoms with Gasteiger partial charge in [-0.3, -0.25) is 14.7 Å². The maximum absolute atomic E-state index is 12.5. The van der Waals surface area contributed by atoms with Crippen molar-refractivity contribution in [3.8, 4) is 0 Å². The molecule has 2 saturated heterocycles. The number of hydrogen-bond donors (Lipinski definition) is 1. The van der Waals surface area contributed by atoms with E-state index in [-0.39, 0.29) is 5.91 Å². The lowest BCUT2D eigenvalue weighted by atomic mass is 9.98. The molecule has 0 bridgehead atoms. The fourth-order valence-corrected chi connectivity index (χ4v) is 4.39. The molecule has 4 rings (SSSR count). The fraction of sp³-hybridized carbons (Fsp3) is 0.458. The van der Waals surface area contributed by atoms with Crippen LogP contribution in [0.4, 0.5) is 5.69 Å². The summed E-state index contributed by atoms with van der Waals surface area (Å²) in [6.07, 6.45) is 5.60. The number of likely N-dealkylation sites (N-methyl/N-ethyl adjacent to an activating group) is 1. The Morgan fingerprint density at radius 2 is 1.91 bits per heavy atom. The van der Waals surface area contributed by atoms with Gasteiger partial charge in [0.05, 0.1) is 0 Å². The van der Waals surface area contributed by atoms with Gasteiger partial charge in [-0.15, -0.1) is 0 Å². The number of pyridine rings is 1. The minimum absolute atomic E-state index is 0.270. The second-order valence-corrected chi connectivity index (χ2v) is 9.02. The van der Waals surface area contributed by atoms with Gasteiger partial charge in [0.25, 0.3) is 5.91 Å². The Bertz CT molecular complexity index is 936. The predicted molar refractivity (Wildman–Crippen MR) is 129 cm³/mol. The second kappa shape index (κ2) is 10.9. The van der Waals surface area contributed by atoms with Gasteiger partial charge in [-0.1, -0.05) is 29.8 Å². The number of rotatable bonds is 6. The van der Waals surface area contributed by atoms with Gasteiger partial charge in [0, 0.05) is 55.8 Å². The van der Waals surface area contributed by atoms with Crippen LogP contribution >= 0.6 is 11.6 Å². The molecule has 1 aromatic carbocycles. The summed E-state index contributed by atoms with van der Waals surface area (Å²) in [5, 5.41) is 5.05. The Labute approximate surface area is 195 Å². The summed E-state index contributed by atoms with van der Waals surface area (Å²) in [6.45, 7) is 6.80. The molecule has 1 N–H and O–H groups in total. The first kappa shape index (κ1) is 22.7. The molecule has 1 aromatic heterocycles. The Kier molecular flexibility index (Phi) is 7.73. The summed E-state index contributed by atoms with van der Waals surface area (Å²) in [7, 11) is 2.13. The van der Waals surface area contributed by atoms with Crippen LogP contribution in [0.5, 0.6) is 0 Å². The molecule has 0 saturated carbocycles. The van der Waals surface area contributed by atoms with E-state index in [1.54, 1.807) is 6.20 Å². The lowest BCUT2D eigenvalue weighted by molar-refractivity contribution is 0.0949. The van der Waals surface area contributed by atoms with Crippen LogP contribution in [-0.2, 0) is 6.54 Å². The number of benzene rings is 1. The van der Waals surface area contributed by atoms with Crippen LogP contribution < -0.4 is 10.3 Å². The second-order valence-electron chi connectivity index (χ2n) is 8.61. The molecule has 0 unspecified atom stereocenters. The number of carbonyl (C=O) groups excluding carboxylic acids is 1. The number of aromatic nitrogens is 1. The van der Waals surface area contributed by atoms with Crippen molar-refractivity contribution in [1.29, 1.82) is 0 Å². The van der Waals surface area contributed by atoms with E-state index >= 15 is 0 Å². The van der Waals surface area contributed by atoms with E-state index in [1.807, 2.05) is 36.5 Å². The lowest BCUT2D eigenvalue weighted by Gasteiger charge is -2.34. The number of amides is 1. The number of likely N-dealkylation sites (tertiary alicyclic amines) is 1. The molecule has 0 spiro atoms. The Morgan fingerprint density at radius 1 is 1.16 bits per heavy atom. The van der Waals surface area contributed by atoms with E-state index in [9.17, 15) is 4.79 Å². The van der Waals surface area contributed by atoms with Gasteiger partial charge in [0.15, 0.2) is 0 Å². The highest BCUT2D eigenvalue weighted by atomic mass is 35.5. The zero-order valence-electron chi connectivity index (χ0n) is 18.6. The molecule has 0 radical (unpaired) electrons. The van der Waals surface area contributed by atoms with Gasteiger partial charge in [0.2, 0.25) is 0 Å². The van der Waals surface area contributed by atoms with E-state index in [4.69, 9.17) is 11.6 Å². The monoisotopic (exact) mass is 454 g/mol. The van der Waals surface area contributed by atoms with Gasteiger partial charge >= 0.3 is 0 Å². The number of piperidine rings is 1. The van der Waals surface area contributed by atoms with Gasteiger partial charge in [-0.2, -0.15) is 5.10 Å². The maximum atomic E-state index is 12.5. The largest absolute Gasteiger partial charge is 0.369 e. The summed E-state index contributed by atoms with van der Waals surface area (Å²) in [5.74, 6) is 0.0933. The highest BCUT2D eigenvalue weighted by molar-refractivity contribution is 6.31. The maximum Gasteiger partial charge on any atom is 0.290 e. The minimum atomic E-state index is -0.270. The topological polar surface area (TPSA) is 64.1 Å². The van der Waals surface area contributed by atoms with Crippen molar-refractivity contribution in [1.82, 2.24) is 20.2 Å². The molecule has 7 nitrogen and oxygen atoms in total. The number of halogens is 1. The molecule has 1 amide bonds. The van der Waals surface area contributed by atoms with Gasteiger partial charge in [0.1, 0.15) is 5.69 Å². The van der Waals surface area contributed by atoms with Crippen LogP contribution in [0.25, 0.3) is 0 Å². The van der Waals surface area contributed by atoms with Gasteiger partial charge < -0.3 is 9.80 Å². The number of hydrazone groups is 1. The predicted octanol–water partition coefficient (Wildman–Crippen LogP) is 3.11. The molecule has 2 fully saturated rings. The molecule has 8 heteroatoms. The number of anilines is 1. The van der Waals surface area contributed by atoms with E-state index in [0.29, 0.717) is 11.6 Å². The smallest absolute Gasteiger partial charge is 0.290 e. The van der Waals surface area contributed by atoms with Gasteiger partial charge in [-0.25, -0.2) is 5.43 Å². The van der Waals surface area contributed by atoms with E-state index in [1.165, 1.54) is 5.56 Å². The van der Waals surface area contributed by atoms with Crippen LogP contribution in [0.2, 0.25) is 5.02 Å². The van der Waals surface area contributed by atoms with Crippen molar-refractivity contribution >= 4 is 29.4 Å². The molecule has 2 aliphatic rings. The Morgan fingerprint density at radius 3 is 2.66 bits per heavy atom. The van der Waals surface area contributed by atoms with Crippen molar-refractivity contribution in [2.24, 2.45) is 11.0 Å². The molecule has 2 aliphatic heterocycles. The van der Waals surface area contributed by atoms with Crippen molar-refractivity contribution in [2.75, 3.05) is 51.2 Å². The quantitative estimate of drug-likeness (QED) is 0.536. The average Bonchev–Trinajstić information content (AvgIpc) is 2.82. The standard InChI is InChI=1S/C24H31ClN6O/c1-29-12-14-31(15-13-29)21-6-9-26-23(16-21)24(32)28-27-17-19-7-10-30(11-8-19)18-20-4-2-3-5-22(20)25/h2-6,9,16-17,19H,7-8,10-15,18H2,1H3,(H,28,32)/b27-17+. The minimum Gasteiger partial charge on any atom is -0.369 e. The zero-order valence-corrected chi connectivity index (χ0v) is 19.3. The van der Waals surface area contributed by atoms with E-state index in [2.05, 4.69) is 43.3 Å². The van der Waals surface area contributed by atoms with Crippen LogP contribution in [0.1, 0.15) is 28.9 Å². The summed E-state index contributed by atoms with van der Waals surface area (Å²) < 4.78 is 0. The molecule has 0 aliphatic carbocycles. The van der Waals surface area contributed by atoms with Crippen molar-refractivity contribution in [2.45, 2.75) is 19.4 Å².